The fourth-order valence-corrected chi connectivity index (χ4v) is 1.38. The molecule has 1 aromatic heterocycles. The first-order valence-electron chi connectivity index (χ1n) is 4.81. The van der Waals surface area contributed by atoms with Gasteiger partial charge >= 0.3 is 7.12 Å². The SMILES string of the molecule is CC1(C)OB(c2ccco2)OC1(C)C. The highest BCUT2D eigenvalue weighted by Gasteiger charge is 2.52. The molecule has 1 saturated heterocycles. The molecule has 0 bridgehead atoms. The third-order valence-electron chi connectivity index (χ3n) is 3.03. The minimum atomic E-state index is -0.380. The van der Waals surface area contributed by atoms with Gasteiger partial charge in [-0.1, -0.05) is 0 Å². The Balaban J connectivity index is 2.22. The van der Waals surface area contributed by atoms with E-state index in [0.717, 1.165) is 5.66 Å². The van der Waals surface area contributed by atoms with Crippen molar-refractivity contribution in [1.82, 2.24) is 0 Å². The Bertz CT molecular complexity index is 300. The standard InChI is InChI=1S/C10H15BO3/c1-9(2)10(3,4)14-11(13-9)8-6-5-7-12-8/h5-7H,1-4H3. The second-order valence-corrected chi connectivity index (χ2v) is 4.60. The van der Waals surface area contributed by atoms with Gasteiger partial charge in [-0.2, -0.15) is 0 Å². The monoisotopic (exact) mass is 194 g/mol. The molecule has 0 amide bonds. The molecule has 14 heavy (non-hydrogen) atoms. The van der Waals surface area contributed by atoms with Crippen molar-refractivity contribution >= 4 is 12.8 Å². The zero-order valence-corrected chi connectivity index (χ0v) is 9.03. The van der Waals surface area contributed by atoms with E-state index in [4.69, 9.17) is 13.7 Å². The van der Waals surface area contributed by atoms with Crippen LogP contribution in [-0.4, -0.2) is 18.3 Å². The molecule has 0 radical (unpaired) electrons. The largest absolute Gasteiger partial charge is 0.532 e. The van der Waals surface area contributed by atoms with Crippen molar-refractivity contribution in [1.29, 1.82) is 0 Å². The van der Waals surface area contributed by atoms with E-state index >= 15 is 0 Å². The maximum absolute atomic E-state index is 5.79. The summed E-state index contributed by atoms with van der Waals surface area (Å²) in [7, 11) is -0.380. The molecule has 0 saturated carbocycles. The van der Waals surface area contributed by atoms with Gasteiger partial charge in [0.15, 0.2) is 0 Å². The van der Waals surface area contributed by atoms with E-state index < -0.39 is 0 Å². The molecule has 0 spiro atoms. The molecular formula is C10H15BO3. The predicted molar refractivity (Wildman–Crippen MR) is 54.4 cm³/mol. The van der Waals surface area contributed by atoms with Crippen molar-refractivity contribution < 1.29 is 13.7 Å². The molecule has 1 aliphatic heterocycles. The first-order chi connectivity index (χ1) is 6.42. The molecule has 2 heterocycles. The molecule has 1 fully saturated rings. The van der Waals surface area contributed by atoms with Gasteiger partial charge in [0.2, 0.25) is 0 Å². The van der Waals surface area contributed by atoms with Crippen LogP contribution in [0, 0.1) is 0 Å². The van der Waals surface area contributed by atoms with Gasteiger partial charge in [-0.15, -0.1) is 0 Å². The summed E-state index contributed by atoms with van der Waals surface area (Å²) >= 11 is 0. The van der Waals surface area contributed by atoms with Gasteiger partial charge in [0.25, 0.3) is 0 Å². The lowest BCUT2D eigenvalue weighted by atomic mass is 9.86. The second kappa shape index (κ2) is 2.88. The average Bonchev–Trinajstić information content (AvgIpc) is 2.58. The summed E-state index contributed by atoms with van der Waals surface area (Å²) in [5.41, 5.74) is 0.123. The first-order valence-corrected chi connectivity index (χ1v) is 4.81. The zero-order chi connectivity index (χ0) is 10.4. The summed E-state index contributed by atoms with van der Waals surface area (Å²) in [6, 6.07) is 3.70. The van der Waals surface area contributed by atoms with Crippen molar-refractivity contribution in [2.75, 3.05) is 0 Å². The lowest BCUT2D eigenvalue weighted by Gasteiger charge is -2.32. The van der Waals surface area contributed by atoms with Crippen LogP contribution in [-0.2, 0) is 9.31 Å². The van der Waals surface area contributed by atoms with Crippen LogP contribution >= 0.6 is 0 Å². The molecule has 0 aromatic carbocycles. The van der Waals surface area contributed by atoms with Crippen molar-refractivity contribution in [3.8, 4) is 0 Å². The topological polar surface area (TPSA) is 31.6 Å². The van der Waals surface area contributed by atoms with Crippen molar-refractivity contribution in [3.63, 3.8) is 0 Å². The Morgan fingerprint density at radius 3 is 2.07 bits per heavy atom. The van der Waals surface area contributed by atoms with Crippen LogP contribution in [0.3, 0.4) is 0 Å². The Morgan fingerprint density at radius 1 is 1.07 bits per heavy atom. The van der Waals surface area contributed by atoms with E-state index in [2.05, 4.69) is 0 Å². The third kappa shape index (κ3) is 1.39. The number of hydrogen-bond acceptors (Lipinski definition) is 3. The van der Waals surface area contributed by atoms with E-state index in [9.17, 15) is 0 Å². The van der Waals surface area contributed by atoms with E-state index in [-0.39, 0.29) is 18.3 Å². The Hall–Kier alpha value is -0.735. The maximum atomic E-state index is 5.79. The fourth-order valence-electron chi connectivity index (χ4n) is 1.38. The fraction of sp³-hybridized carbons (Fsp3) is 0.600. The minimum Gasteiger partial charge on any atom is -0.473 e. The van der Waals surface area contributed by atoms with Crippen molar-refractivity contribution in [2.45, 2.75) is 38.9 Å². The molecule has 76 valence electrons. The van der Waals surface area contributed by atoms with Gasteiger partial charge in [-0.05, 0) is 39.8 Å². The zero-order valence-electron chi connectivity index (χ0n) is 9.03. The van der Waals surface area contributed by atoms with Gasteiger partial charge in [0, 0.05) is 0 Å². The lowest BCUT2D eigenvalue weighted by Crippen LogP contribution is -2.41. The summed E-state index contributed by atoms with van der Waals surface area (Å²) in [6.07, 6.45) is 1.63. The quantitative estimate of drug-likeness (QED) is 0.636. The van der Waals surface area contributed by atoms with Crippen LogP contribution in [0.1, 0.15) is 27.7 Å². The summed E-state index contributed by atoms with van der Waals surface area (Å²) < 4.78 is 16.8. The molecule has 1 aliphatic rings. The normalized spacial score (nSPS) is 24.1. The molecular weight excluding hydrogens is 179 g/mol. The Kier molecular flexibility index (Phi) is 2.01. The van der Waals surface area contributed by atoms with Gasteiger partial charge in [0.05, 0.1) is 17.5 Å². The van der Waals surface area contributed by atoms with E-state index in [1.54, 1.807) is 6.26 Å². The highest BCUT2D eigenvalue weighted by molar-refractivity contribution is 6.60. The highest BCUT2D eigenvalue weighted by atomic mass is 16.7. The minimum absolute atomic E-state index is 0.301. The highest BCUT2D eigenvalue weighted by Crippen LogP contribution is 2.36. The van der Waals surface area contributed by atoms with Gasteiger partial charge in [0.1, 0.15) is 5.66 Å². The first kappa shape index (κ1) is 9.81. The maximum Gasteiger partial charge on any atom is 0.532 e. The predicted octanol–water partition coefficient (Wildman–Crippen LogP) is 1.58. The van der Waals surface area contributed by atoms with Gasteiger partial charge in [-0.3, -0.25) is 0 Å². The Labute approximate surface area is 84.5 Å². The van der Waals surface area contributed by atoms with Crippen molar-refractivity contribution in [2.24, 2.45) is 0 Å². The lowest BCUT2D eigenvalue weighted by molar-refractivity contribution is 0.00578. The van der Waals surface area contributed by atoms with Crippen LogP contribution in [0.4, 0.5) is 0 Å². The van der Waals surface area contributed by atoms with Gasteiger partial charge < -0.3 is 13.7 Å². The Morgan fingerprint density at radius 2 is 1.64 bits per heavy atom. The smallest absolute Gasteiger partial charge is 0.473 e. The summed E-state index contributed by atoms with van der Waals surface area (Å²) in [4.78, 5) is 0. The van der Waals surface area contributed by atoms with Crippen LogP contribution in [0.15, 0.2) is 22.8 Å². The number of hydrogen-bond donors (Lipinski definition) is 0. The third-order valence-corrected chi connectivity index (χ3v) is 3.03. The van der Waals surface area contributed by atoms with Crippen LogP contribution in [0.5, 0.6) is 0 Å². The van der Waals surface area contributed by atoms with Crippen LogP contribution in [0.2, 0.25) is 0 Å². The van der Waals surface area contributed by atoms with E-state index in [0.29, 0.717) is 0 Å². The van der Waals surface area contributed by atoms with Gasteiger partial charge in [-0.25, -0.2) is 0 Å². The van der Waals surface area contributed by atoms with Crippen molar-refractivity contribution in [3.05, 3.63) is 18.4 Å². The summed E-state index contributed by atoms with van der Waals surface area (Å²) in [6.45, 7) is 8.10. The number of rotatable bonds is 1. The molecule has 1 aromatic rings. The average molecular weight is 194 g/mol. The molecule has 0 unspecified atom stereocenters. The molecule has 3 nitrogen and oxygen atoms in total. The second-order valence-electron chi connectivity index (χ2n) is 4.60. The van der Waals surface area contributed by atoms with E-state index in [1.165, 1.54) is 0 Å². The molecule has 2 rings (SSSR count). The molecule has 0 N–H and O–H groups in total. The molecule has 4 heteroatoms. The summed E-state index contributed by atoms with van der Waals surface area (Å²) in [5, 5.41) is 0. The number of furan rings is 1. The summed E-state index contributed by atoms with van der Waals surface area (Å²) in [5.74, 6) is 0. The van der Waals surface area contributed by atoms with Crippen LogP contribution < -0.4 is 5.66 Å². The van der Waals surface area contributed by atoms with Crippen LogP contribution in [0.25, 0.3) is 0 Å². The molecule has 0 aliphatic carbocycles. The van der Waals surface area contributed by atoms with E-state index in [1.807, 2.05) is 39.8 Å². The molecule has 0 atom stereocenters.